The summed E-state index contributed by atoms with van der Waals surface area (Å²) in [4.78, 5) is 21.5. The summed E-state index contributed by atoms with van der Waals surface area (Å²) < 4.78 is 0. The van der Waals surface area contributed by atoms with Crippen molar-refractivity contribution < 1.29 is 19.8 Å². The first kappa shape index (κ1) is 24.6. The summed E-state index contributed by atoms with van der Waals surface area (Å²) in [5.41, 5.74) is 2.40. The Bertz CT molecular complexity index is 677. The van der Waals surface area contributed by atoms with E-state index in [1.54, 1.807) is 0 Å². The standard InChI is InChI=1S/C19H26O2.C7H14O2/c1-2-9-19(10-4-11-19)18(21)16-6-3-5-14(12-16)15-7-8-17(20)13-15;1-2-3-4-5-6-7(8)9/h3,5-6,12,15,18,21H,2,4,7-11,13H2,1H3;2-6H2,1H3,(H,8,9). The Hall–Kier alpha value is -1.68. The monoisotopic (exact) mass is 416 g/mol. The Morgan fingerprint density at radius 3 is 2.47 bits per heavy atom. The van der Waals surface area contributed by atoms with Crippen molar-refractivity contribution in [1.29, 1.82) is 0 Å². The maximum Gasteiger partial charge on any atom is 0.303 e. The van der Waals surface area contributed by atoms with Crippen LogP contribution in [0.15, 0.2) is 24.3 Å². The molecule has 0 saturated heterocycles. The molecule has 168 valence electrons. The molecule has 2 fully saturated rings. The zero-order chi connectivity index (χ0) is 22.0. The van der Waals surface area contributed by atoms with Crippen molar-refractivity contribution >= 4 is 11.8 Å². The number of aliphatic hydroxyl groups excluding tert-OH is 1. The van der Waals surface area contributed by atoms with Crippen LogP contribution >= 0.6 is 0 Å². The van der Waals surface area contributed by atoms with Crippen LogP contribution in [0.3, 0.4) is 0 Å². The number of carbonyl (C=O) groups is 2. The van der Waals surface area contributed by atoms with Gasteiger partial charge in [0.15, 0.2) is 0 Å². The van der Waals surface area contributed by atoms with Crippen LogP contribution in [0, 0.1) is 5.41 Å². The van der Waals surface area contributed by atoms with Crippen LogP contribution in [0.4, 0.5) is 0 Å². The minimum Gasteiger partial charge on any atom is -0.481 e. The zero-order valence-corrected chi connectivity index (χ0v) is 18.9. The SMILES string of the molecule is CCCC1(C(O)c2cccc(C3CCC(=O)C3)c2)CCC1.CCCCCCC(=O)O. The third-order valence-electron chi connectivity index (χ3n) is 6.87. The average Bonchev–Trinajstić information content (AvgIpc) is 3.14. The second kappa shape index (κ2) is 12.2. The molecule has 4 heteroatoms. The fraction of sp³-hybridized carbons (Fsp3) is 0.692. The number of benzene rings is 1. The Kier molecular flexibility index (Phi) is 10.0. The van der Waals surface area contributed by atoms with E-state index in [0.717, 1.165) is 63.4 Å². The molecule has 3 rings (SSSR count). The van der Waals surface area contributed by atoms with Gasteiger partial charge < -0.3 is 10.2 Å². The highest BCUT2D eigenvalue weighted by Gasteiger charge is 2.43. The van der Waals surface area contributed by atoms with Gasteiger partial charge in [-0.15, -0.1) is 0 Å². The lowest BCUT2D eigenvalue weighted by molar-refractivity contribution is -0.137. The lowest BCUT2D eigenvalue weighted by Crippen LogP contribution is -2.36. The van der Waals surface area contributed by atoms with E-state index in [9.17, 15) is 14.7 Å². The summed E-state index contributed by atoms with van der Waals surface area (Å²) in [6.45, 7) is 4.31. The first-order valence-electron chi connectivity index (χ1n) is 11.9. The summed E-state index contributed by atoms with van der Waals surface area (Å²) in [5, 5.41) is 19.1. The van der Waals surface area contributed by atoms with Gasteiger partial charge in [-0.05, 0) is 49.1 Å². The normalized spacial score (nSPS) is 20.8. The summed E-state index contributed by atoms with van der Waals surface area (Å²) in [6.07, 6.45) is 12.4. The quantitative estimate of drug-likeness (QED) is 0.423. The minimum absolute atomic E-state index is 0.110. The Balaban J connectivity index is 0.000000303. The molecule has 0 heterocycles. The molecule has 0 bridgehead atoms. The summed E-state index contributed by atoms with van der Waals surface area (Å²) in [7, 11) is 0. The fourth-order valence-corrected chi connectivity index (χ4v) is 4.93. The molecular weight excluding hydrogens is 376 g/mol. The minimum atomic E-state index is -0.675. The number of hydrogen-bond acceptors (Lipinski definition) is 3. The zero-order valence-electron chi connectivity index (χ0n) is 18.9. The number of carboxylic acid groups (broad SMARTS) is 1. The third-order valence-corrected chi connectivity index (χ3v) is 6.87. The van der Waals surface area contributed by atoms with E-state index in [-0.39, 0.29) is 11.5 Å². The van der Waals surface area contributed by atoms with Gasteiger partial charge in [-0.2, -0.15) is 0 Å². The maximum atomic E-state index is 11.5. The summed E-state index contributed by atoms with van der Waals surface area (Å²) in [5.74, 6) is 0.0756. The summed E-state index contributed by atoms with van der Waals surface area (Å²) >= 11 is 0. The number of rotatable bonds is 10. The molecule has 1 aromatic rings. The molecule has 2 N–H and O–H groups in total. The number of Topliss-reactive ketones (excluding diaryl/α,β-unsaturated/α-hetero) is 1. The second-order valence-electron chi connectivity index (χ2n) is 9.22. The number of carboxylic acids is 1. The van der Waals surface area contributed by atoms with Crippen molar-refractivity contribution in [3.63, 3.8) is 0 Å². The molecule has 0 spiro atoms. The van der Waals surface area contributed by atoms with Gasteiger partial charge in [-0.25, -0.2) is 0 Å². The highest BCUT2D eigenvalue weighted by molar-refractivity contribution is 5.81. The van der Waals surface area contributed by atoms with Gasteiger partial charge in [0.25, 0.3) is 0 Å². The number of aliphatic carboxylic acids is 1. The first-order chi connectivity index (χ1) is 14.4. The molecule has 2 unspecified atom stereocenters. The van der Waals surface area contributed by atoms with Crippen molar-refractivity contribution in [2.75, 3.05) is 0 Å². The third kappa shape index (κ3) is 6.94. The molecule has 2 atom stereocenters. The van der Waals surface area contributed by atoms with Crippen molar-refractivity contribution in [2.24, 2.45) is 5.41 Å². The number of ketones is 1. The van der Waals surface area contributed by atoms with E-state index in [1.807, 2.05) is 0 Å². The van der Waals surface area contributed by atoms with Crippen LogP contribution in [0.1, 0.15) is 120 Å². The molecule has 1 aromatic carbocycles. The van der Waals surface area contributed by atoms with Crippen molar-refractivity contribution in [3.8, 4) is 0 Å². The van der Waals surface area contributed by atoms with E-state index < -0.39 is 5.97 Å². The molecule has 30 heavy (non-hydrogen) atoms. The maximum absolute atomic E-state index is 11.5. The molecular formula is C26H40O4. The van der Waals surface area contributed by atoms with E-state index >= 15 is 0 Å². The van der Waals surface area contributed by atoms with Crippen molar-refractivity contribution in [3.05, 3.63) is 35.4 Å². The molecule has 0 radical (unpaired) electrons. The highest BCUT2D eigenvalue weighted by Crippen LogP contribution is 2.53. The Morgan fingerprint density at radius 2 is 1.93 bits per heavy atom. The lowest BCUT2D eigenvalue weighted by Gasteiger charge is -2.46. The van der Waals surface area contributed by atoms with Gasteiger partial charge in [0, 0.05) is 24.7 Å². The van der Waals surface area contributed by atoms with E-state index in [1.165, 1.54) is 18.4 Å². The van der Waals surface area contributed by atoms with Gasteiger partial charge in [-0.3, -0.25) is 9.59 Å². The number of unbranched alkanes of at least 4 members (excludes halogenated alkanes) is 3. The molecule has 0 aliphatic heterocycles. The van der Waals surface area contributed by atoms with E-state index in [4.69, 9.17) is 5.11 Å². The number of carbonyl (C=O) groups excluding carboxylic acids is 1. The van der Waals surface area contributed by atoms with Crippen LogP contribution in [-0.4, -0.2) is 22.0 Å². The van der Waals surface area contributed by atoms with Gasteiger partial charge in [-0.1, -0.05) is 70.2 Å². The molecule has 0 amide bonds. The Morgan fingerprint density at radius 1 is 1.17 bits per heavy atom. The molecule has 2 aliphatic carbocycles. The summed E-state index contributed by atoms with van der Waals surface area (Å²) in [6, 6.07) is 8.38. The molecule has 2 saturated carbocycles. The van der Waals surface area contributed by atoms with Crippen LogP contribution < -0.4 is 0 Å². The lowest BCUT2D eigenvalue weighted by atomic mass is 9.61. The topological polar surface area (TPSA) is 74.6 Å². The van der Waals surface area contributed by atoms with Crippen molar-refractivity contribution in [2.45, 2.75) is 109 Å². The van der Waals surface area contributed by atoms with Gasteiger partial charge in [0.1, 0.15) is 5.78 Å². The van der Waals surface area contributed by atoms with Crippen LogP contribution in [0.2, 0.25) is 0 Å². The number of aliphatic hydroxyl groups is 1. The van der Waals surface area contributed by atoms with Crippen LogP contribution in [0.5, 0.6) is 0 Å². The van der Waals surface area contributed by atoms with E-state index in [2.05, 4.69) is 38.1 Å². The average molecular weight is 417 g/mol. The van der Waals surface area contributed by atoms with Gasteiger partial charge >= 0.3 is 5.97 Å². The highest BCUT2D eigenvalue weighted by atomic mass is 16.4. The number of hydrogen-bond donors (Lipinski definition) is 2. The molecule has 0 aromatic heterocycles. The van der Waals surface area contributed by atoms with Crippen LogP contribution in [0.25, 0.3) is 0 Å². The second-order valence-corrected chi connectivity index (χ2v) is 9.22. The first-order valence-corrected chi connectivity index (χ1v) is 11.9. The van der Waals surface area contributed by atoms with Crippen LogP contribution in [-0.2, 0) is 9.59 Å². The van der Waals surface area contributed by atoms with Gasteiger partial charge in [0.05, 0.1) is 6.10 Å². The largest absolute Gasteiger partial charge is 0.481 e. The smallest absolute Gasteiger partial charge is 0.303 e. The fourth-order valence-electron chi connectivity index (χ4n) is 4.93. The predicted molar refractivity (Wildman–Crippen MR) is 121 cm³/mol. The predicted octanol–water partition coefficient (Wildman–Crippen LogP) is 6.57. The van der Waals surface area contributed by atoms with Crippen molar-refractivity contribution in [1.82, 2.24) is 0 Å². The van der Waals surface area contributed by atoms with E-state index in [0.29, 0.717) is 24.5 Å². The molecule has 2 aliphatic rings. The molecule has 4 nitrogen and oxygen atoms in total. The van der Waals surface area contributed by atoms with Gasteiger partial charge in [0.2, 0.25) is 0 Å². The Labute approximate surface area is 182 Å².